The quantitative estimate of drug-likeness (QED) is 0.309. The zero-order valence-corrected chi connectivity index (χ0v) is 18.5. The molecule has 0 saturated heterocycles. The number of para-hydroxylation sites is 1. The van der Waals surface area contributed by atoms with Crippen LogP contribution in [0.3, 0.4) is 0 Å². The SMILES string of the molecule is N=C(c1ccc(CNC(=O)c2cccc3ocnc23)cc1)c1c(N)ncnc1NC1CCCC1. The Labute approximate surface area is 196 Å². The number of rotatable bonds is 7. The summed E-state index contributed by atoms with van der Waals surface area (Å²) in [5.74, 6) is 0.648. The third-order valence-corrected chi connectivity index (χ3v) is 6.12. The second kappa shape index (κ2) is 9.30. The molecule has 9 heteroatoms. The highest BCUT2D eigenvalue weighted by molar-refractivity contribution is 6.16. The molecule has 9 nitrogen and oxygen atoms in total. The van der Waals surface area contributed by atoms with Crippen LogP contribution in [0.5, 0.6) is 0 Å². The Morgan fingerprint density at radius 2 is 1.88 bits per heavy atom. The first-order valence-corrected chi connectivity index (χ1v) is 11.3. The number of nitrogens with zero attached hydrogens (tertiary/aromatic N) is 3. The van der Waals surface area contributed by atoms with Crippen molar-refractivity contribution in [1.29, 1.82) is 5.41 Å². The number of nitrogens with one attached hydrogen (secondary N) is 3. The van der Waals surface area contributed by atoms with Crippen molar-refractivity contribution in [3.63, 3.8) is 0 Å². The van der Waals surface area contributed by atoms with Gasteiger partial charge in [-0.3, -0.25) is 10.2 Å². The fourth-order valence-corrected chi connectivity index (χ4v) is 4.30. The maximum absolute atomic E-state index is 12.6. The predicted molar refractivity (Wildman–Crippen MR) is 130 cm³/mol. The summed E-state index contributed by atoms with van der Waals surface area (Å²) < 4.78 is 5.26. The van der Waals surface area contributed by atoms with E-state index in [-0.39, 0.29) is 17.4 Å². The third kappa shape index (κ3) is 4.32. The summed E-state index contributed by atoms with van der Waals surface area (Å²) in [5.41, 5.74) is 10.1. The number of oxazole rings is 1. The fraction of sp³-hybridized carbons (Fsp3) is 0.240. The highest BCUT2D eigenvalue weighted by Gasteiger charge is 2.21. The minimum Gasteiger partial charge on any atom is -0.443 e. The van der Waals surface area contributed by atoms with Gasteiger partial charge in [0.1, 0.15) is 23.5 Å². The Kier molecular flexibility index (Phi) is 5.90. The van der Waals surface area contributed by atoms with Crippen LogP contribution in [-0.2, 0) is 6.54 Å². The standard InChI is InChI=1S/C25H25N7O2/c26-21(20-23(27)29-13-30-24(20)32-17-4-1-2-5-17)16-10-8-15(9-11-16)12-28-25(33)18-6-3-7-19-22(18)31-14-34-19/h3,6-11,13-14,17,26H,1-2,4-5,12H2,(H,28,33)(H3,27,29,30,32). The van der Waals surface area contributed by atoms with Gasteiger partial charge in [0.25, 0.3) is 5.91 Å². The number of aromatic nitrogens is 3. The van der Waals surface area contributed by atoms with Crippen molar-refractivity contribution in [2.24, 2.45) is 0 Å². The molecule has 2 aromatic carbocycles. The average Bonchev–Trinajstić information content (AvgIpc) is 3.54. The Morgan fingerprint density at radius 1 is 1.09 bits per heavy atom. The minimum atomic E-state index is -0.229. The van der Waals surface area contributed by atoms with Crippen LogP contribution in [0.2, 0.25) is 0 Å². The number of carbonyl (C=O) groups excluding carboxylic acids is 1. The van der Waals surface area contributed by atoms with E-state index in [0.29, 0.717) is 46.2 Å². The molecule has 2 heterocycles. The number of nitrogens with two attached hydrogens (primary N) is 1. The van der Waals surface area contributed by atoms with Gasteiger partial charge in [-0.2, -0.15) is 0 Å². The highest BCUT2D eigenvalue weighted by atomic mass is 16.3. The van der Waals surface area contributed by atoms with Crippen molar-refractivity contribution in [3.05, 3.63) is 77.4 Å². The lowest BCUT2D eigenvalue weighted by Gasteiger charge is -2.17. The second-order valence-corrected chi connectivity index (χ2v) is 8.37. The summed E-state index contributed by atoms with van der Waals surface area (Å²) in [5, 5.41) is 15.1. The second-order valence-electron chi connectivity index (χ2n) is 8.37. The number of amides is 1. The number of carbonyl (C=O) groups is 1. The summed E-state index contributed by atoms with van der Waals surface area (Å²) in [6.07, 6.45) is 7.31. The van der Waals surface area contributed by atoms with Gasteiger partial charge in [-0.25, -0.2) is 15.0 Å². The molecule has 1 amide bonds. The van der Waals surface area contributed by atoms with Gasteiger partial charge >= 0.3 is 0 Å². The molecule has 0 unspecified atom stereocenters. The molecule has 1 aliphatic rings. The fourth-order valence-electron chi connectivity index (χ4n) is 4.30. The lowest BCUT2D eigenvalue weighted by molar-refractivity contribution is 0.0952. The van der Waals surface area contributed by atoms with E-state index < -0.39 is 0 Å². The Balaban J connectivity index is 1.28. The van der Waals surface area contributed by atoms with Crippen LogP contribution < -0.4 is 16.4 Å². The average molecular weight is 456 g/mol. The molecule has 5 rings (SSSR count). The Morgan fingerprint density at radius 3 is 2.68 bits per heavy atom. The van der Waals surface area contributed by atoms with Gasteiger partial charge in [0.05, 0.1) is 16.8 Å². The van der Waals surface area contributed by atoms with Crippen molar-refractivity contribution >= 4 is 34.4 Å². The molecule has 0 atom stereocenters. The van der Waals surface area contributed by atoms with Crippen molar-refractivity contribution in [2.45, 2.75) is 38.3 Å². The number of hydrogen-bond acceptors (Lipinski definition) is 8. The summed E-state index contributed by atoms with van der Waals surface area (Å²) in [6.45, 7) is 0.339. The first kappa shape index (κ1) is 21.6. The van der Waals surface area contributed by atoms with Gasteiger partial charge in [0, 0.05) is 18.2 Å². The smallest absolute Gasteiger partial charge is 0.253 e. The molecule has 2 aromatic heterocycles. The summed E-state index contributed by atoms with van der Waals surface area (Å²) in [4.78, 5) is 25.2. The number of fused-ring (bicyclic) bond motifs is 1. The van der Waals surface area contributed by atoms with Crippen molar-refractivity contribution in [3.8, 4) is 0 Å². The topological polar surface area (TPSA) is 143 Å². The zero-order chi connectivity index (χ0) is 23.5. The van der Waals surface area contributed by atoms with Gasteiger partial charge in [-0.1, -0.05) is 43.2 Å². The van der Waals surface area contributed by atoms with Crippen molar-refractivity contribution in [1.82, 2.24) is 20.3 Å². The molecule has 5 N–H and O–H groups in total. The Bertz CT molecular complexity index is 1340. The van der Waals surface area contributed by atoms with Gasteiger partial charge in [-0.15, -0.1) is 0 Å². The van der Waals surface area contributed by atoms with E-state index in [1.165, 1.54) is 25.6 Å². The number of benzene rings is 2. The van der Waals surface area contributed by atoms with Crippen LogP contribution in [0, 0.1) is 5.41 Å². The van der Waals surface area contributed by atoms with E-state index in [0.717, 1.165) is 18.4 Å². The first-order valence-electron chi connectivity index (χ1n) is 11.3. The van der Waals surface area contributed by atoms with Crippen molar-refractivity contribution < 1.29 is 9.21 Å². The zero-order valence-electron chi connectivity index (χ0n) is 18.5. The van der Waals surface area contributed by atoms with Crippen LogP contribution >= 0.6 is 0 Å². The molecule has 1 aliphatic carbocycles. The van der Waals surface area contributed by atoms with Crippen LogP contribution in [0.4, 0.5) is 11.6 Å². The molecule has 172 valence electrons. The van der Waals surface area contributed by atoms with E-state index in [1.54, 1.807) is 18.2 Å². The molecule has 0 radical (unpaired) electrons. The maximum atomic E-state index is 12.6. The summed E-state index contributed by atoms with van der Waals surface area (Å²) in [7, 11) is 0. The normalized spacial score (nSPS) is 13.8. The summed E-state index contributed by atoms with van der Waals surface area (Å²) in [6, 6.07) is 13.0. The lowest BCUT2D eigenvalue weighted by atomic mass is 10.0. The molecule has 4 aromatic rings. The van der Waals surface area contributed by atoms with Crippen molar-refractivity contribution in [2.75, 3.05) is 11.1 Å². The van der Waals surface area contributed by atoms with Gasteiger partial charge in [-0.05, 0) is 30.5 Å². The van der Waals surface area contributed by atoms with E-state index in [4.69, 9.17) is 15.6 Å². The lowest BCUT2D eigenvalue weighted by Crippen LogP contribution is -2.23. The summed E-state index contributed by atoms with van der Waals surface area (Å²) >= 11 is 0. The molecule has 34 heavy (non-hydrogen) atoms. The van der Waals surface area contributed by atoms with E-state index in [1.807, 2.05) is 24.3 Å². The molecular weight excluding hydrogens is 430 g/mol. The minimum absolute atomic E-state index is 0.229. The van der Waals surface area contributed by atoms with Gasteiger partial charge < -0.3 is 20.8 Å². The van der Waals surface area contributed by atoms with E-state index >= 15 is 0 Å². The predicted octanol–water partition coefficient (Wildman–Crippen LogP) is 3.90. The molecule has 0 bridgehead atoms. The molecule has 0 aliphatic heterocycles. The van der Waals surface area contributed by atoms with Gasteiger partial charge in [0.15, 0.2) is 12.0 Å². The monoisotopic (exact) mass is 455 g/mol. The van der Waals surface area contributed by atoms with E-state index in [2.05, 4.69) is 25.6 Å². The third-order valence-electron chi connectivity index (χ3n) is 6.12. The van der Waals surface area contributed by atoms with Crippen LogP contribution in [0.15, 0.2) is 59.6 Å². The molecule has 1 saturated carbocycles. The Hall–Kier alpha value is -4.27. The first-order chi connectivity index (χ1) is 16.6. The highest BCUT2D eigenvalue weighted by Crippen LogP contribution is 2.26. The molecule has 1 fully saturated rings. The van der Waals surface area contributed by atoms with Crippen LogP contribution in [-0.4, -0.2) is 32.6 Å². The molecule has 0 spiro atoms. The van der Waals surface area contributed by atoms with E-state index in [9.17, 15) is 4.79 Å². The van der Waals surface area contributed by atoms with Crippen LogP contribution in [0.1, 0.15) is 52.7 Å². The number of nitrogen functional groups attached to an aromatic ring is 1. The maximum Gasteiger partial charge on any atom is 0.253 e. The molecular formula is C25H25N7O2. The number of hydrogen-bond donors (Lipinski definition) is 4. The largest absolute Gasteiger partial charge is 0.443 e. The number of anilines is 2. The van der Waals surface area contributed by atoms with Gasteiger partial charge in [0.2, 0.25) is 0 Å². The van der Waals surface area contributed by atoms with Crippen LogP contribution in [0.25, 0.3) is 11.1 Å².